The van der Waals surface area contributed by atoms with Crippen LogP contribution in [0, 0.1) is 0 Å². The fourth-order valence-corrected chi connectivity index (χ4v) is 1.40. The van der Waals surface area contributed by atoms with Crippen molar-refractivity contribution in [2.45, 2.75) is 13.5 Å². The number of benzene rings is 1. The van der Waals surface area contributed by atoms with E-state index in [0.29, 0.717) is 6.54 Å². The Labute approximate surface area is 92.3 Å². The summed E-state index contributed by atoms with van der Waals surface area (Å²) in [5.41, 5.74) is 0.994. The Balaban J connectivity index is 2.26. The molecule has 16 heavy (non-hydrogen) atoms. The van der Waals surface area contributed by atoms with Crippen LogP contribution in [0.25, 0.3) is 0 Å². The summed E-state index contributed by atoms with van der Waals surface area (Å²) in [6.07, 6.45) is 0. The van der Waals surface area contributed by atoms with Crippen molar-refractivity contribution in [2.75, 3.05) is 0 Å². The molecule has 1 aromatic carbocycles. The number of rotatable bonds is 3. The van der Waals surface area contributed by atoms with Gasteiger partial charge in [0, 0.05) is 6.92 Å². The van der Waals surface area contributed by atoms with Crippen LogP contribution in [0.5, 0.6) is 5.88 Å². The Morgan fingerprint density at radius 3 is 2.62 bits per heavy atom. The molecule has 0 aliphatic carbocycles. The van der Waals surface area contributed by atoms with Crippen molar-refractivity contribution < 1.29 is 9.90 Å². The number of carbonyl (C=O) groups excluding carboxylic acids is 1. The normalized spacial score (nSPS) is 10.3. The van der Waals surface area contributed by atoms with Crippen LogP contribution in [0.2, 0.25) is 0 Å². The minimum absolute atomic E-state index is 0.0101. The average molecular weight is 217 g/mol. The maximum atomic E-state index is 11.1. The lowest BCUT2D eigenvalue weighted by Crippen LogP contribution is -2.01. The van der Waals surface area contributed by atoms with Crippen molar-refractivity contribution >= 4 is 5.78 Å². The molecular formula is C11H11N3O2. The molecule has 82 valence electrons. The van der Waals surface area contributed by atoms with Crippen LogP contribution in [0.4, 0.5) is 0 Å². The lowest BCUT2D eigenvalue weighted by Gasteiger charge is -2.01. The van der Waals surface area contributed by atoms with Crippen molar-refractivity contribution in [1.82, 2.24) is 15.0 Å². The van der Waals surface area contributed by atoms with Crippen LogP contribution in [-0.2, 0) is 6.54 Å². The van der Waals surface area contributed by atoms with E-state index in [-0.39, 0.29) is 17.4 Å². The van der Waals surface area contributed by atoms with E-state index in [1.807, 2.05) is 30.3 Å². The number of aromatic hydroxyl groups is 1. The topological polar surface area (TPSA) is 68.0 Å². The minimum Gasteiger partial charge on any atom is -0.492 e. The van der Waals surface area contributed by atoms with Gasteiger partial charge in [0.1, 0.15) is 0 Å². The van der Waals surface area contributed by atoms with E-state index in [0.717, 1.165) is 5.56 Å². The van der Waals surface area contributed by atoms with Crippen LogP contribution in [0.1, 0.15) is 23.0 Å². The van der Waals surface area contributed by atoms with Gasteiger partial charge in [0.2, 0.25) is 5.88 Å². The predicted octanol–water partition coefficient (Wildman–Crippen LogP) is 1.23. The zero-order chi connectivity index (χ0) is 11.5. The highest BCUT2D eigenvalue weighted by Gasteiger charge is 2.15. The van der Waals surface area contributed by atoms with E-state index < -0.39 is 0 Å². The third-order valence-corrected chi connectivity index (χ3v) is 2.22. The largest absolute Gasteiger partial charge is 0.492 e. The highest BCUT2D eigenvalue weighted by atomic mass is 16.3. The molecule has 0 atom stereocenters. The second kappa shape index (κ2) is 4.14. The molecule has 0 saturated carbocycles. The standard InChI is InChI=1S/C11H11N3O2/c1-8(15)10-11(16)14(13-12-10)7-9-5-3-2-4-6-9/h2-6,16H,7H2,1H3. The first-order valence-corrected chi connectivity index (χ1v) is 4.86. The van der Waals surface area contributed by atoms with E-state index in [1.165, 1.54) is 11.6 Å². The highest BCUT2D eigenvalue weighted by molar-refractivity contribution is 5.94. The van der Waals surface area contributed by atoms with Gasteiger partial charge in [-0.2, -0.15) is 0 Å². The summed E-state index contributed by atoms with van der Waals surface area (Å²) in [4.78, 5) is 11.1. The highest BCUT2D eigenvalue weighted by Crippen LogP contribution is 2.15. The number of Topliss-reactive ketones (excluding diaryl/α,β-unsaturated/α-hetero) is 1. The third kappa shape index (κ3) is 1.93. The molecule has 2 aromatic rings. The van der Waals surface area contributed by atoms with Crippen LogP contribution < -0.4 is 0 Å². The van der Waals surface area contributed by atoms with Gasteiger partial charge < -0.3 is 5.11 Å². The molecule has 0 bridgehead atoms. The fraction of sp³-hybridized carbons (Fsp3) is 0.182. The second-order valence-corrected chi connectivity index (χ2v) is 3.46. The SMILES string of the molecule is CC(=O)c1nnn(Cc2ccccc2)c1O. The molecule has 0 aliphatic rings. The van der Waals surface area contributed by atoms with E-state index in [1.54, 1.807) is 0 Å². The number of aromatic nitrogens is 3. The summed E-state index contributed by atoms with van der Waals surface area (Å²) in [7, 11) is 0. The van der Waals surface area contributed by atoms with Gasteiger partial charge in [-0.25, -0.2) is 4.68 Å². The van der Waals surface area contributed by atoms with E-state index >= 15 is 0 Å². The minimum atomic E-state index is -0.295. The number of ketones is 1. The Morgan fingerprint density at radius 2 is 2.06 bits per heavy atom. The van der Waals surface area contributed by atoms with Crippen molar-refractivity contribution in [3.05, 3.63) is 41.6 Å². The monoisotopic (exact) mass is 217 g/mol. The molecule has 2 rings (SSSR count). The molecular weight excluding hydrogens is 206 g/mol. The summed E-state index contributed by atoms with van der Waals surface area (Å²) in [6.45, 7) is 1.74. The molecule has 1 N–H and O–H groups in total. The Hall–Kier alpha value is -2.17. The number of nitrogens with zero attached hydrogens (tertiary/aromatic N) is 3. The summed E-state index contributed by atoms with van der Waals surface area (Å²) in [6, 6.07) is 9.53. The number of hydrogen-bond donors (Lipinski definition) is 1. The van der Waals surface area contributed by atoms with Crippen molar-refractivity contribution in [3.8, 4) is 5.88 Å². The smallest absolute Gasteiger partial charge is 0.241 e. The van der Waals surface area contributed by atoms with Gasteiger partial charge in [-0.3, -0.25) is 4.79 Å². The first-order chi connectivity index (χ1) is 7.68. The number of carbonyl (C=O) groups is 1. The van der Waals surface area contributed by atoms with Gasteiger partial charge in [-0.1, -0.05) is 35.5 Å². The summed E-state index contributed by atoms with van der Waals surface area (Å²) >= 11 is 0. The second-order valence-electron chi connectivity index (χ2n) is 3.46. The van der Waals surface area contributed by atoms with Gasteiger partial charge in [-0.05, 0) is 5.56 Å². The van der Waals surface area contributed by atoms with Crippen LogP contribution in [0.15, 0.2) is 30.3 Å². The van der Waals surface area contributed by atoms with Gasteiger partial charge >= 0.3 is 0 Å². The molecule has 0 saturated heterocycles. The molecule has 5 nitrogen and oxygen atoms in total. The van der Waals surface area contributed by atoms with E-state index in [2.05, 4.69) is 10.3 Å². The predicted molar refractivity (Wildman–Crippen MR) is 57.2 cm³/mol. The van der Waals surface area contributed by atoms with Crippen LogP contribution in [0.3, 0.4) is 0 Å². The average Bonchev–Trinajstić information content (AvgIpc) is 2.62. The summed E-state index contributed by atoms with van der Waals surface area (Å²) in [5.74, 6) is -0.479. The zero-order valence-corrected chi connectivity index (χ0v) is 8.79. The quantitative estimate of drug-likeness (QED) is 0.785. The molecule has 0 unspecified atom stereocenters. The van der Waals surface area contributed by atoms with Crippen molar-refractivity contribution in [2.24, 2.45) is 0 Å². The summed E-state index contributed by atoms with van der Waals surface area (Å²) < 4.78 is 1.30. The van der Waals surface area contributed by atoms with E-state index in [4.69, 9.17) is 0 Å². The molecule has 1 aromatic heterocycles. The maximum absolute atomic E-state index is 11.1. The molecule has 0 radical (unpaired) electrons. The lowest BCUT2D eigenvalue weighted by atomic mass is 10.2. The van der Waals surface area contributed by atoms with Crippen molar-refractivity contribution in [3.63, 3.8) is 0 Å². The van der Waals surface area contributed by atoms with Gasteiger partial charge in [0.25, 0.3) is 0 Å². The molecule has 0 spiro atoms. The molecule has 5 heteroatoms. The molecule has 0 amide bonds. The number of hydrogen-bond acceptors (Lipinski definition) is 4. The first-order valence-electron chi connectivity index (χ1n) is 4.86. The Kier molecular flexibility index (Phi) is 2.68. The maximum Gasteiger partial charge on any atom is 0.241 e. The summed E-state index contributed by atoms with van der Waals surface area (Å²) in [5, 5.41) is 17.0. The van der Waals surface area contributed by atoms with Crippen LogP contribution in [-0.4, -0.2) is 25.9 Å². The fourth-order valence-electron chi connectivity index (χ4n) is 1.40. The first kappa shape index (κ1) is 10.4. The lowest BCUT2D eigenvalue weighted by molar-refractivity contribution is 0.101. The van der Waals surface area contributed by atoms with Gasteiger partial charge in [-0.15, -0.1) is 5.10 Å². The molecule has 1 heterocycles. The van der Waals surface area contributed by atoms with E-state index in [9.17, 15) is 9.90 Å². The van der Waals surface area contributed by atoms with Crippen LogP contribution >= 0.6 is 0 Å². The molecule has 0 fully saturated rings. The Morgan fingerprint density at radius 1 is 1.38 bits per heavy atom. The van der Waals surface area contributed by atoms with Gasteiger partial charge in [0.05, 0.1) is 6.54 Å². The Bertz CT molecular complexity index is 505. The zero-order valence-electron chi connectivity index (χ0n) is 8.79. The van der Waals surface area contributed by atoms with Crippen molar-refractivity contribution in [1.29, 1.82) is 0 Å². The van der Waals surface area contributed by atoms with Gasteiger partial charge in [0.15, 0.2) is 11.5 Å². The molecule has 0 aliphatic heterocycles. The third-order valence-electron chi connectivity index (χ3n) is 2.22.